The van der Waals surface area contributed by atoms with Crippen LogP contribution in [0.5, 0.6) is 0 Å². The topological polar surface area (TPSA) is 153 Å². The molecule has 11 heteroatoms. The fraction of sp³-hybridized carbons (Fsp3) is 0. The number of nitro benzene ring substituents is 1. The summed E-state index contributed by atoms with van der Waals surface area (Å²) in [5, 5.41) is 14.3. The Morgan fingerprint density at radius 2 is 2.10 bits per heavy atom. The maximum absolute atomic E-state index is 12.1. The first-order chi connectivity index (χ1) is 9.44. The fourth-order valence-electron chi connectivity index (χ4n) is 1.43. The summed E-state index contributed by atoms with van der Waals surface area (Å²) in [7, 11) is -4.17. The molecule has 106 valence electrons. The zero-order valence-corrected chi connectivity index (χ0v) is 10.6. The van der Waals surface area contributed by atoms with E-state index in [-0.39, 0.29) is 11.5 Å². The number of nitrogens with one attached hydrogen (secondary N) is 2. The summed E-state index contributed by atoms with van der Waals surface area (Å²) in [6.07, 6.45) is 1.16. The molecule has 0 radical (unpaired) electrons. The highest BCUT2D eigenvalue weighted by molar-refractivity contribution is 7.92. The zero-order chi connectivity index (χ0) is 14.8. The lowest BCUT2D eigenvalue weighted by atomic mass is 10.3. The van der Waals surface area contributed by atoms with Crippen molar-refractivity contribution < 1.29 is 17.9 Å². The van der Waals surface area contributed by atoms with Gasteiger partial charge in [-0.3, -0.25) is 20.7 Å². The molecule has 0 spiro atoms. The Balaban J connectivity index is 2.48. The monoisotopic (exact) mass is 299 g/mol. The number of hydrogen-bond acceptors (Lipinski definition) is 8. The summed E-state index contributed by atoms with van der Waals surface area (Å²) in [4.78, 5) is 9.62. The molecule has 0 aliphatic heterocycles. The summed E-state index contributed by atoms with van der Waals surface area (Å²) in [5.74, 6) is 5.04. The molecule has 0 aliphatic rings. The van der Waals surface area contributed by atoms with Crippen LogP contribution in [-0.2, 0) is 10.0 Å². The first kappa shape index (κ1) is 13.8. The molecule has 1 aromatic heterocycles. The summed E-state index contributed by atoms with van der Waals surface area (Å²) >= 11 is 0. The molecule has 0 saturated heterocycles. The van der Waals surface area contributed by atoms with Crippen LogP contribution in [0.15, 0.2) is 39.9 Å². The minimum Gasteiger partial charge on any atom is -0.363 e. The molecule has 4 N–H and O–H groups in total. The Morgan fingerprint density at radius 1 is 1.35 bits per heavy atom. The Labute approximate surface area is 112 Å². The van der Waals surface area contributed by atoms with E-state index in [9.17, 15) is 18.5 Å². The Kier molecular flexibility index (Phi) is 3.54. The van der Waals surface area contributed by atoms with Gasteiger partial charge in [0.2, 0.25) is 0 Å². The zero-order valence-electron chi connectivity index (χ0n) is 9.81. The number of hydrogen-bond donors (Lipinski definition) is 3. The average molecular weight is 299 g/mol. The van der Waals surface area contributed by atoms with Crippen molar-refractivity contribution in [2.24, 2.45) is 5.84 Å². The molecule has 2 rings (SSSR count). The third-order valence-electron chi connectivity index (χ3n) is 2.29. The van der Waals surface area contributed by atoms with Crippen LogP contribution < -0.4 is 16.0 Å². The molecular formula is C9H9N5O5S. The number of nitrogen functional groups attached to an aromatic ring is 1. The number of anilines is 2. The predicted molar refractivity (Wildman–Crippen MR) is 68.2 cm³/mol. The van der Waals surface area contributed by atoms with Crippen LogP contribution in [0.4, 0.5) is 17.2 Å². The molecule has 1 aromatic carbocycles. The van der Waals surface area contributed by atoms with Crippen molar-refractivity contribution in [3.05, 3.63) is 40.6 Å². The molecule has 2 aromatic rings. The van der Waals surface area contributed by atoms with Crippen LogP contribution in [0, 0.1) is 10.1 Å². The van der Waals surface area contributed by atoms with Gasteiger partial charge in [0.15, 0.2) is 10.7 Å². The lowest BCUT2D eigenvalue weighted by Crippen LogP contribution is -2.15. The normalized spacial score (nSPS) is 11.1. The van der Waals surface area contributed by atoms with Gasteiger partial charge in [0.25, 0.3) is 15.7 Å². The van der Waals surface area contributed by atoms with E-state index in [1.807, 2.05) is 0 Å². The molecule has 0 bridgehead atoms. The van der Waals surface area contributed by atoms with Crippen LogP contribution in [0.25, 0.3) is 0 Å². The van der Waals surface area contributed by atoms with Gasteiger partial charge >= 0.3 is 0 Å². The SMILES string of the molecule is NNc1ccc(S(=O)(=O)Nc2ccon2)c([N+](=O)[O-])c1. The molecule has 0 saturated carbocycles. The number of nitro groups is 1. The maximum Gasteiger partial charge on any atom is 0.291 e. The lowest BCUT2D eigenvalue weighted by Gasteiger charge is -2.07. The maximum atomic E-state index is 12.1. The van der Waals surface area contributed by atoms with Gasteiger partial charge in [-0.2, -0.15) is 0 Å². The van der Waals surface area contributed by atoms with Crippen molar-refractivity contribution in [2.45, 2.75) is 4.90 Å². The van der Waals surface area contributed by atoms with E-state index in [2.05, 4.69) is 19.8 Å². The van der Waals surface area contributed by atoms with Crippen molar-refractivity contribution in [3.8, 4) is 0 Å². The van der Waals surface area contributed by atoms with Gasteiger partial charge in [0.1, 0.15) is 6.26 Å². The molecule has 0 amide bonds. The van der Waals surface area contributed by atoms with Crippen LogP contribution in [0.2, 0.25) is 0 Å². The van der Waals surface area contributed by atoms with Gasteiger partial charge in [-0.25, -0.2) is 8.42 Å². The van der Waals surface area contributed by atoms with Crippen LogP contribution in [0.3, 0.4) is 0 Å². The molecule has 0 unspecified atom stereocenters. The van der Waals surface area contributed by atoms with E-state index in [0.717, 1.165) is 18.4 Å². The third-order valence-corrected chi connectivity index (χ3v) is 3.69. The van der Waals surface area contributed by atoms with E-state index in [1.54, 1.807) is 0 Å². The number of benzene rings is 1. The second kappa shape index (κ2) is 5.14. The number of rotatable bonds is 5. The molecule has 0 fully saturated rings. The standard InChI is InChI=1S/C9H9N5O5S/c10-11-6-1-2-8(7(5-6)14(15)16)20(17,18)13-9-3-4-19-12-9/h1-5,11H,10H2,(H,12,13). The minimum absolute atomic E-state index is 0.0830. The van der Waals surface area contributed by atoms with E-state index < -0.39 is 25.5 Å². The van der Waals surface area contributed by atoms with Crippen LogP contribution in [0.1, 0.15) is 0 Å². The Bertz CT molecular complexity index is 727. The first-order valence-corrected chi connectivity index (χ1v) is 6.60. The van der Waals surface area contributed by atoms with Gasteiger partial charge in [0, 0.05) is 12.1 Å². The fourth-order valence-corrected chi connectivity index (χ4v) is 2.58. The molecule has 0 atom stereocenters. The summed E-state index contributed by atoms with van der Waals surface area (Å²) < 4.78 is 30.7. The molecular weight excluding hydrogens is 290 g/mol. The van der Waals surface area contributed by atoms with Crippen molar-refractivity contribution in [1.29, 1.82) is 0 Å². The van der Waals surface area contributed by atoms with Gasteiger partial charge in [-0.05, 0) is 12.1 Å². The summed E-state index contributed by atoms with van der Waals surface area (Å²) in [6.45, 7) is 0. The third kappa shape index (κ3) is 2.67. The number of hydrazine groups is 1. The molecule has 10 nitrogen and oxygen atoms in total. The van der Waals surface area contributed by atoms with E-state index in [1.165, 1.54) is 12.1 Å². The molecule has 1 heterocycles. The summed E-state index contributed by atoms with van der Waals surface area (Å²) in [6, 6.07) is 4.64. The first-order valence-electron chi connectivity index (χ1n) is 5.12. The van der Waals surface area contributed by atoms with E-state index in [4.69, 9.17) is 5.84 Å². The highest BCUT2D eigenvalue weighted by atomic mass is 32.2. The van der Waals surface area contributed by atoms with Crippen LogP contribution >= 0.6 is 0 Å². The van der Waals surface area contributed by atoms with Gasteiger partial charge in [0.05, 0.1) is 10.6 Å². The van der Waals surface area contributed by atoms with E-state index >= 15 is 0 Å². The Morgan fingerprint density at radius 3 is 2.65 bits per heavy atom. The largest absolute Gasteiger partial charge is 0.363 e. The predicted octanol–water partition coefficient (Wildman–Crippen LogP) is 0.669. The quantitative estimate of drug-likeness (QED) is 0.413. The smallest absolute Gasteiger partial charge is 0.291 e. The van der Waals surface area contributed by atoms with Gasteiger partial charge < -0.3 is 9.95 Å². The summed E-state index contributed by atoms with van der Waals surface area (Å²) in [5.41, 5.74) is 1.79. The number of nitrogens with two attached hydrogens (primary N) is 1. The minimum atomic E-state index is -4.17. The number of sulfonamides is 1. The van der Waals surface area contributed by atoms with Gasteiger partial charge in [-0.1, -0.05) is 5.16 Å². The average Bonchev–Trinajstić information content (AvgIpc) is 2.90. The van der Waals surface area contributed by atoms with Crippen molar-refractivity contribution in [3.63, 3.8) is 0 Å². The Hall–Kier alpha value is -2.66. The highest BCUT2D eigenvalue weighted by Gasteiger charge is 2.26. The lowest BCUT2D eigenvalue weighted by molar-refractivity contribution is -0.387. The molecule has 0 aliphatic carbocycles. The van der Waals surface area contributed by atoms with Crippen molar-refractivity contribution in [2.75, 3.05) is 10.1 Å². The van der Waals surface area contributed by atoms with Crippen LogP contribution in [-0.4, -0.2) is 18.5 Å². The second-order valence-electron chi connectivity index (χ2n) is 3.57. The van der Waals surface area contributed by atoms with Gasteiger partial charge in [-0.15, -0.1) is 0 Å². The number of nitrogens with zero attached hydrogens (tertiary/aromatic N) is 2. The highest BCUT2D eigenvalue weighted by Crippen LogP contribution is 2.28. The second-order valence-corrected chi connectivity index (χ2v) is 5.22. The van der Waals surface area contributed by atoms with Crippen molar-refractivity contribution in [1.82, 2.24) is 5.16 Å². The van der Waals surface area contributed by atoms with E-state index in [0.29, 0.717) is 0 Å². The number of aromatic nitrogens is 1. The molecule has 20 heavy (non-hydrogen) atoms. The van der Waals surface area contributed by atoms with Crippen molar-refractivity contribution >= 4 is 27.2 Å².